The maximum atomic E-state index is 12.0. The number of amides is 2. The van der Waals surface area contributed by atoms with Crippen LogP contribution in [-0.4, -0.2) is 42.5 Å². The summed E-state index contributed by atoms with van der Waals surface area (Å²) in [5.74, 6) is 0.735. The average Bonchev–Trinajstić information content (AvgIpc) is 2.31. The number of carbonyl (C=O) groups excluding carboxylic acids is 1. The molecule has 1 aliphatic carbocycles. The SMILES string of the molecule is CCN(CC)C(=O)N(C)CC1CCCCC1. The summed E-state index contributed by atoms with van der Waals surface area (Å²) in [6.45, 7) is 6.63. The molecule has 94 valence electrons. The van der Waals surface area contributed by atoms with Crippen LogP contribution >= 0.6 is 0 Å². The van der Waals surface area contributed by atoms with Crippen molar-refractivity contribution in [2.45, 2.75) is 46.0 Å². The molecular weight excluding hydrogens is 200 g/mol. The summed E-state index contributed by atoms with van der Waals surface area (Å²) in [5.41, 5.74) is 0. The van der Waals surface area contributed by atoms with Crippen molar-refractivity contribution in [2.75, 3.05) is 26.7 Å². The number of carbonyl (C=O) groups is 1. The van der Waals surface area contributed by atoms with Gasteiger partial charge in [-0.3, -0.25) is 0 Å². The van der Waals surface area contributed by atoms with Gasteiger partial charge in [0.25, 0.3) is 0 Å². The van der Waals surface area contributed by atoms with E-state index in [0.29, 0.717) is 0 Å². The molecule has 0 radical (unpaired) electrons. The van der Waals surface area contributed by atoms with E-state index in [2.05, 4.69) is 0 Å². The number of hydrogen-bond acceptors (Lipinski definition) is 1. The lowest BCUT2D eigenvalue weighted by Crippen LogP contribution is -2.43. The first-order valence-corrected chi connectivity index (χ1v) is 6.69. The highest BCUT2D eigenvalue weighted by Crippen LogP contribution is 2.24. The van der Waals surface area contributed by atoms with Crippen LogP contribution in [0.2, 0.25) is 0 Å². The number of nitrogens with zero attached hydrogens (tertiary/aromatic N) is 2. The summed E-state index contributed by atoms with van der Waals surface area (Å²) >= 11 is 0. The van der Waals surface area contributed by atoms with Crippen LogP contribution in [0.15, 0.2) is 0 Å². The van der Waals surface area contributed by atoms with Crippen LogP contribution in [0.4, 0.5) is 4.79 Å². The normalized spacial score (nSPS) is 17.2. The molecule has 2 amide bonds. The summed E-state index contributed by atoms with van der Waals surface area (Å²) in [5, 5.41) is 0. The topological polar surface area (TPSA) is 23.6 Å². The molecule has 0 bridgehead atoms. The molecule has 0 aromatic heterocycles. The molecule has 0 aliphatic heterocycles. The molecule has 0 aromatic carbocycles. The van der Waals surface area contributed by atoms with Crippen molar-refractivity contribution < 1.29 is 4.79 Å². The first-order chi connectivity index (χ1) is 7.69. The van der Waals surface area contributed by atoms with Crippen LogP contribution in [0.25, 0.3) is 0 Å². The molecule has 3 nitrogen and oxygen atoms in total. The summed E-state index contributed by atoms with van der Waals surface area (Å²) < 4.78 is 0. The summed E-state index contributed by atoms with van der Waals surface area (Å²) in [4.78, 5) is 15.8. The summed E-state index contributed by atoms with van der Waals surface area (Å²) in [6.07, 6.45) is 6.67. The Morgan fingerprint density at radius 2 is 1.69 bits per heavy atom. The van der Waals surface area contributed by atoms with Gasteiger partial charge in [0, 0.05) is 26.7 Å². The van der Waals surface area contributed by atoms with E-state index in [1.54, 1.807) is 0 Å². The molecule has 3 heteroatoms. The minimum atomic E-state index is 0.190. The molecule has 0 atom stereocenters. The Morgan fingerprint density at radius 3 is 2.19 bits per heavy atom. The van der Waals surface area contributed by atoms with Gasteiger partial charge in [0.05, 0.1) is 0 Å². The predicted octanol–water partition coefficient (Wildman–Crippen LogP) is 2.96. The second kappa shape index (κ2) is 6.77. The molecule has 1 rings (SSSR count). The van der Waals surface area contributed by atoms with E-state index in [1.165, 1.54) is 32.1 Å². The molecule has 1 saturated carbocycles. The average molecular weight is 226 g/mol. The van der Waals surface area contributed by atoms with E-state index < -0.39 is 0 Å². The van der Waals surface area contributed by atoms with Gasteiger partial charge >= 0.3 is 6.03 Å². The Hall–Kier alpha value is -0.730. The largest absolute Gasteiger partial charge is 0.327 e. The Labute approximate surface area is 99.8 Å². The second-order valence-electron chi connectivity index (χ2n) is 4.84. The molecule has 0 N–H and O–H groups in total. The predicted molar refractivity (Wildman–Crippen MR) is 67.5 cm³/mol. The summed E-state index contributed by atoms with van der Waals surface area (Å²) in [6, 6.07) is 0.190. The molecule has 1 fully saturated rings. The van der Waals surface area contributed by atoms with Gasteiger partial charge in [-0.05, 0) is 32.6 Å². The minimum absolute atomic E-state index is 0.190. The van der Waals surface area contributed by atoms with E-state index in [-0.39, 0.29) is 6.03 Å². The Balaban J connectivity index is 2.37. The van der Waals surface area contributed by atoms with E-state index >= 15 is 0 Å². The number of hydrogen-bond donors (Lipinski definition) is 0. The number of rotatable bonds is 4. The van der Waals surface area contributed by atoms with Crippen LogP contribution in [0.1, 0.15) is 46.0 Å². The van der Waals surface area contributed by atoms with Crippen molar-refractivity contribution in [3.05, 3.63) is 0 Å². The lowest BCUT2D eigenvalue weighted by Gasteiger charge is -2.30. The lowest BCUT2D eigenvalue weighted by atomic mass is 9.89. The van der Waals surface area contributed by atoms with E-state index in [9.17, 15) is 4.79 Å². The maximum Gasteiger partial charge on any atom is 0.319 e. The molecule has 0 saturated heterocycles. The highest BCUT2D eigenvalue weighted by Gasteiger charge is 2.20. The van der Waals surface area contributed by atoms with Crippen molar-refractivity contribution in [3.63, 3.8) is 0 Å². The Morgan fingerprint density at radius 1 is 1.12 bits per heavy atom. The third kappa shape index (κ3) is 3.69. The van der Waals surface area contributed by atoms with Gasteiger partial charge in [-0.15, -0.1) is 0 Å². The van der Waals surface area contributed by atoms with Gasteiger partial charge in [0.15, 0.2) is 0 Å². The fraction of sp³-hybridized carbons (Fsp3) is 0.923. The van der Waals surface area contributed by atoms with Crippen molar-refractivity contribution in [3.8, 4) is 0 Å². The van der Waals surface area contributed by atoms with Crippen molar-refractivity contribution >= 4 is 6.03 Å². The van der Waals surface area contributed by atoms with Gasteiger partial charge in [0.1, 0.15) is 0 Å². The zero-order valence-corrected chi connectivity index (χ0v) is 11.0. The minimum Gasteiger partial charge on any atom is -0.327 e. The molecule has 16 heavy (non-hydrogen) atoms. The molecule has 0 aromatic rings. The van der Waals surface area contributed by atoms with Gasteiger partial charge < -0.3 is 9.80 Å². The maximum absolute atomic E-state index is 12.0. The van der Waals surface area contributed by atoms with Crippen LogP contribution in [0.3, 0.4) is 0 Å². The fourth-order valence-corrected chi connectivity index (χ4v) is 2.57. The number of urea groups is 1. The molecular formula is C13H26N2O. The first kappa shape index (κ1) is 13.3. The highest BCUT2D eigenvalue weighted by molar-refractivity contribution is 5.74. The van der Waals surface area contributed by atoms with Gasteiger partial charge in [-0.2, -0.15) is 0 Å². The van der Waals surface area contributed by atoms with Crippen molar-refractivity contribution in [2.24, 2.45) is 5.92 Å². The molecule has 1 aliphatic rings. The standard InChI is InChI=1S/C13H26N2O/c1-4-15(5-2)13(16)14(3)11-12-9-7-6-8-10-12/h12H,4-11H2,1-3H3. The van der Waals surface area contributed by atoms with Crippen LogP contribution in [0.5, 0.6) is 0 Å². The Bertz CT molecular complexity index is 208. The fourth-order valence-electron chi connectivity index (χ4n) is 2.57. The van der Waals surface area contributed by atoms with Gasteiger partial charge in [-0.1, -0.05) is 19.3 Å². The van der Waals surface area contributed by atoms with E-state index in [4.69, 9.17) is 0 Å². The third-order valence-corrected chi connectivity index (χ3v) is 3.62. The highest BCUT2D eigenvalue weighted by atomic mass is 16.2. The van der Waals surface area contributed by atoms with Crippen LogP contribution in [-0.2, 0) is 0 Å². The monoisotopic (exact) mass is 226 g/mol. The quantitative estimate of drug-likeness (QED) is 0.723. The third-order valence-electron chi connectivity index (χ3n) is 3.62. The smallest absolute Gasteiger partial charge is 0.319 e. The molecule has 0 spiro atoms. The zero-order valence-electron chi connectivity index (χ0n) is 11.0. The molecule has 0 unspecified atom stereocenters. The zero-order chi connectivity index (χ0) is 12.0. The van der Waals surface area contributed by atoms with Crippen LogP contribution < -0.4 is 0 Å². The first-order valence-electron chi connectivity index (χ1n) is 6.69. The van der Waals surface area contributed by atoms with Crippen molar-refractivity contribution in [1.29, 1.82) is 0 Å². The van der Waals surface area contributed by atoms with Crippen molar-refractivity contribution in [1.82, 2.24) is 9.80 Å². The lowest BCUT2D eigenvalue weighted by molar-refractivity contribution is 0.155. The Kier molecular flexibility index (Phi) is 5.64. The van der Waals surface area contributed by atoms with E-state index in [0.717, 1.165) is 25.6 Å². The second-order valence-corrected chi connectivity index (χ2v) is 4.84. The van der Waals surface area contributed by atoms with Gasteiger partial charge in [0.2, 0.25) is 0 Å². The summed E-state index contributed by atoms with van der Waals surface area (Å²) in [7, 11) is 1.94. The van der Waals surface area contributed by atoms with Gasteiger partial charge in [-0.25, -0.2) is 4.79 Å². The van der Waals surface area contributed by atoms with E-state index in [1.807, 2.05) is 30.7 Å². The van der Waals surface area contributed by atoms with Crippen LogP contribution in [0, 0.1) is 5.92 Å². The molecule has 0 heterocycles.